The van der Waals surface area contributed by atoms with Crippen LogP contribution in [-0.2, 0) is 4.74 Å². The highest BCUT2D eigenvalue weighted by Gasteiger charge is 2.31. The summed E-state index contributed by atoms with van der Waals surface area (Å²) in [6, 6.07) is 7.17. The molecule has 0 saturated heterocycles. The van der Waals surface area contributed by atoms with Gasteiger partial charge in [-0.05, 0) is 80.5 Å². The average Bonchev–Trinajstić information content (AvgIpc) is 2.69. The van der Waals surface area contributed by atoms with Gasteiger partial charge in [0.25, 0.3) is 0 Å². The van der Waals surface area contributed by atoms with Crippen molar-refractivity contribution in [2.24, 2.45) is 17.8 Å². The molecule has 3 rings (SSSR count). The second-order valence-corrected chi connectivity index (χ2v) is 8.24. The van der Waals surface area contributed by atoms with Crippen molar-refractivity contribution in [2.75, 3.05) is 7.11 Å². The molecule has 0 atom stereocenters. The number of benzene rings is 1. The van der Waals surface area contributed by atoms with Gasteiger partial charge >= 0.3 is 5.97 Å². The number of hydrogen-bond acceptors (Lipinski definition) is 3. The van der Waals surface area contributed by atoms with Gasteiger partial charge in [0.2, 0.25) is 0 Å². The topological polar surface area (TPSA) is 35.5 Å². The van der Waals surface area contributed by atoms with Crippen LogP contribution in [0.2, 0.25) is 0 Å². The molecule has 26 heavy (non-hydrogen) atoms. The monoisotopic (exact) mass is 358 g/mol. The standard InChI is InChI=1S/C23H34O3/c1-3-4-17-5-7-18(8-6-17)19-9-15-22(16-10-19)26-23(24)20-11-13-21(25-2)14-12-20/h11-14,17-19,22H,3-10,15-16H2,1-2H3. The predicted molar refractivity (Wildman–Crippen MR) is 105 cm³/mol. The number of ether oxygens (including phenoxy) is 2. The zero-order valence-electron chi connectivity index (χ0n) is 16.4. The summed E-state index contributed by atoms with van der Waals surface area (Å²) in [5.74, 6) is 3.32. The predicted octanol–water partition coefficient (Wildman–Crippen LogP) is 6.02. The SMILES string of the molecule is CCCC1CCC(C2CCC(OC(=O)c3ccc(OC)cc3)CC2)CC1. The smallest absolute Gasteiger partial charge is 0.338 e. The quantitative estimate of drug-likeness (QED) is 0.584. The molecule has 2 fully saturated rings. The molecule has 0 spiro atoms. The van der Waals surface area contributed by atoms with Gasteiger partial charge in [-0.2, -0.15) is 0 Å². The minimum atomic E-state index is -0.198. The van der Waals surface area contributed by atoms with E-state index in [1.54, 1.807) is 19.2 Å². The molecule has 144 valence electrons. The van der Waals surface area contributed by atoms with Crippen LogP contribution in [0.15, 0.2) is 24.3 Å². The Labute approximate surface area is 158 Å². The van der Waals surface area contributed by atoms with E-state index in [2.05, 4.69) is 6.92 Å². The van der Waals surface area contributed by atoms with Crippen LogP contribution in [0.4, 0.5) is 0 Å². The Bertz CT molecular complexity index is 549. The lowest BCUT2D eigenvalue weighted by Crippen LogP contribution is -2.29. The lowest BCUT2D eigenvalue weighted by molar-refractivity contribution is 0.0109. The van der Waals surface area contributed by atoms with Crippen molar-refractivity contribution in [1.29, 1.82) is 0 Å². The van der Waals surface area contributed by atoms with E-state index in [1.165, 1.54) is 51.4 Å². The highest BCUT2D eigenvalue weighted by Crippen LogP contribution is 2.41. The van der Waals surface area contributed by atoms with E-state index < -0.39 is 0 Å². The van der Waals surface area contributed by atoms with Gasteiger partial charge < -0.3 is 9.47 Å². The lowest BCUT2D eigenvalue weighted by Gasteiger charge is -2.37. The number of hydrogen-bond donors (Lipinski definition) is 0. The molecule has 2 aliphatic carbocycles. The van der Waals surface area contributed by atoms with E-state index in [-0.39, 0.29) is 12.1 Å². The molecule has 2 aliphatic rings. The molecule has 0 N–H and O–H groups in total. The first-order valence-corrected chi connectivity index (χ1v) is 10.5. The first kappa shape index (κ1) is 19.3. The zero-order valence-corrected chi connectivity index (χ0v) is 16.4. The highest BCUT2D eigenvalue weighted by molar-refractivity contribution is 5.89. The summed E-state index contributed by atoms with van der Waals surface area (Å²) in [6.45, 7) is 2.31. The Morgan fingerprint density at radius 3 is 2.04 bits per heavy atom. The molecule has 2 saturated carbocycles. The summed E-state index contributed by atoms with van der Waals surface area (Å²) in [6.07, 6.45) is 13.1. The van der Waals surface area contributed by atoms with Gasteiger partial charge in [0.1, 0.15) is 11.9 Å². The van der Waals surface area contributed by atoms with Crippen molar-refractivity contribution in [3.05, 3.63) is 29.8 Å². The third-order valence-electron chi connectivity index (χ3n) is 6.57. The van der Waals surface area contributed by atoms with Gasteiger partial charge in [-0.25, -0.2) is 4.79 Å². The van der Waals surface area contributed by atoms with Crippen LogP contribution < -0.4 is 4.74 Å². The summed E-state index contributed by atoms with van der Waals surface area (Å²) in [4.78, 5) is 12.3. The van der Waals surface area contributed by atoms with E-state index in [0.29, 0.717) is 5.56 Å². The molecule has 3 nitrogen and oxygen atoms in total. The van der Waals surface area contributed by atoms with Crippen molar-refractivity contribution in [2.45, 2.75) is 77.2 Å². The minimum Gasteiger partial charge on any atom is -0.497 e. The Morgan fingerprint density at radius 1 is 0.923 bits per heavy atom. The first-order chi connectivity index (χ1) is 12.7. The normalized spacial score (nSPS) is 29.2. The molecule has 0 aliphatic heterocycles. The maximum absolute atomic E-state index is 12.3. The van der Waals surface area contributed by atoms with Crippen molar-refractivity contribution >= 4 is 5.97 Å². The molecule has 3 heteroatoms. The van der Waals surface area contributed by atoms with Crippen LogP contribution in [0.25, 0.3) is 0 Å². The van der Waals surface area contributed by atoms with Crippen LogP contribution in [0, 0.1) is 17.8 Å². The summed E-state index contributed by atoms with van der Waals surface area (Å²) in [5.41, 5.74) is 0.613. The lowest BCUT2D eigenvalue weighted by atomic mass is 9.70. The molecule has 0 radical (unpaired) electrons. The molecular weight excluding hydrogens is 324 g/mol. The Balaban J connectivity index is 1.41. The number of esters is 1. The van der Waals surface area contributed by atoms with Gasteiger partial charge in [-0.15, -0.1) is 0 Å². The van der Waals surface area contributed by atoms with Gasteiger partial charge in [-0.1, -0.05) is 32.6 Å². The highest BCUT2D eigenvalue weighted by atomic mass is 16.5. The van der Waals surface area contributed by atoms with Gasteiger partial charge in [-0.3, -0.25) is 0 Å². The summed E-state index contributed by atoms with van der Waals surface area (Å²) >= 11 is 0. The fraction of sp³-hybridized carbons (Fsp3) is 0.696. The van der Waals surface area contributed by atoms with E-state index in [1.807, 2.05) is 12.1 Å². The van der Waals surface area contributed by atoms with Gasteiger partial charge in [0.15, 0.2) is 0 Å². The number of carbonyl (C=O) groups is 1. The second kappa shape index (κ2) is 9.43. The third kappa shape index (κ3) is 5.02. The molecule has 1 aromatic rings. The molecule has 0 bridgehead atoms. The molecule has 0 amide bonds. The van der Waals surface area contributed by atoms with Crippen molar-refractivity contribution in [3.63, 3.8) is 0 Å². The van der Waals surface area contributed by atoms with Crippen LogP contribution >= 0.6 is 0 Å². The molecular formula is C23H34O3. The third-order valence-corrected chi connectivity index (χ3v) is 6.57. The molecule has 0 aromatic heterocycles. The van der Waals surface area contributed by atoms with Gasteiger partial charge in [0.05, 0.1) is 12.7 Å². The largest absolute Gasteiger partial charge is 0.497 e. The summed E-state index contributed by atoms with van der Waals surface area (Å²) in [7, 11) is 1.63. The Morgan fingerprint density at radius 2 is 1.50 bits per heavy atom. The minimum absolute atomic E-state index is 0.0947. The van der Waals surface area contributed by atoms with Crippen LogP contribution in [0.3, 0.4) is 0 Å². The van der Waals surface area contributed by atoms with Crippen LogP contribution in [0.5, 0.6) is 5.75 Å². The van der Waals surface area contributed by atoms with Crippen LogP contribution in [0.1, 0.15) is 81.5 Å². The van der Waals surface area contributed by atoms with Gasteiger partial charge in [0, 0.05) is 0 Å². The number of carbonyl (C=O) groups excluding carboxylic acids is 1. The Kier molecular flexibility index (Phi) is 6.99. The van der Waals surface area contributed by atoms with E-state index >= 15 is 0 Å². The van der Waals surface area contributed by atoms with E-state index in [0.717, 1.165) is 36.3 Å². The summed E-state index contributed by atoms with van der Waals surface area (Å²) in [5, 5.41) is 0. The van der Waals surface area contributed by atoms with E-state index in [4.69, 9.17) is 9.47 Å². The average molecular weight is 359 g/mol. The molecule has 1 aromatic carbocycles. The van der Waals surface area contributed by atoms with Crippen molar-refractivity contribution in [1.82, 2.24) is 0 Å². The molecule has 0 unspecified atom stereocenters. The fourth-order valence-corrected chi connectivity index (χ4v) is 4.98. The van der Waals surface area contributed by atoms with Crippen LogP contribution in [-0.4, -0.2) is 19.2 Å². The maximum atomic E-state index is 12.3. The van der Waals surface area contributed by atoms with E-state index in [9.17, 15) is 4.79 Å². The fourth-order valence-electron chi connectivity index (χ4n) is 4.98. The summed E-state index contributed by atoms with van der Waals surface area (Å²) < 4.78 is 10.9. The maximum Gasteiger partial charge on any atom is 0.338 e. The number of rotatable bonds is 6. The molecule has 0 heterocycles. The second-order valence-electron chi connectivity index (χ2n) is 8.24. The van der Waals surface area contributed by atoms with Crippen molar-refractivity contribution in [3.8, 4) is 5.75 Å². The number of methoxy groups -OCH3 is 1. The first-order valence-electron chi connectivity index (χ1n) is 10.5. The zero-order chi connectivity index (χ0) is 18.4. The van der Waals surface area contributed by atoms with Crippen molar-refractivity contribution < 1.29 is 14.3 Å². The Hall–Kier alpha value is -1.51.